The van der Waals surface area contributed by atoms with Gasteiger partial charge in [-0.3, -0.25) is 9.59 Å². The van der Waals surface area contributed by atoms with E-state index in [0.29, 0.717) is 13.0 Å². The summed E-state index contributed by atoms with van der Waals surface area (Å²) in [5.41, 5.74) is -0.123. The Kier molecular flexibility index (Phi) is 5.78. The number of hydrogen-bond acceptors (Lipinski definition) is 5. The number of carboxylic acids is 1. The molecule has 0 heterocycles. The SMILES string of the molecule is CS(=O)(=O)c1cc(NC(=O)CCCNC(=O)C2CC2)cc(C(=O)O)c1. The Morgan fingerprint density at radius 3 is 2.44 bits per heavy atom. The molecule has 0 aromatic heterocycles. The van der Waals surface area contributed by atoms with Crippen LogP contribution in [-0.2, 0) is 19.4 Å². The van der Waals surface area contributed by atoms with Crippen LogP contribution in [-0.4, -0.2) is 44.1 Å². The molecule has 9 heteroatoms. The number of carboxylic acid groups (broad SMARTS) is 1. The lowest BCUT2D eigenvalue weighted by Gasteiger charge is -2.09. The molecule has 0 bridgehead atoms. The lowest BCUT2D eigenvalue weighted by Crippen LogP contribution is -2.26. The van der Waals surface area contributed by atoms with Crippen molar-refractivity contribution in [2.24, 2.45) is 5.92 Å². The molecule has 3 N–H and O–H groups in total. The van der Waals surface area contributed by atoms with Gasteiger partial charge in [-0.15, -0.1) is 0 Å². The van der Waals surface area contributed by atoms with E-state index in [1.54, 1.807) is 0 Å². The van der Waals surface area contributed by atoms with E-state index in [9.17, 15) is 22.8 Å². The van der Waals surface area contributed by atoms with Crippen LogP contribution in [0.5, 0.6) is 0 Å². The van der Waals surface area contributed by atoms with Crippen molar-refractivity contribution >= 4 is 33.3 Å². The molecule has 0 aliphatic heterocycles. The number of anilines is 1. The predicted molar refractivity (Wildman–Crippen MR) is 90.1 cm³/mol. The van der Waals surface area contributed by atoms with Crippen LogP contribution in [0, 0.1) is 5.92 Å². The van der Waals surface area contributed by atoms with E-state index in [1.165, 1.54) is 12.1 Å². The first-order valence-corrected chi connectivity index (χ1v) is 9.72. The summed E-state index contributed by atoms with van der Waals surface area (Å²) in [7, 11) is -3.61. The Morgan fingerprint density at radius 2 is 1.88 bits per heavy atom. The summed E-state index contributed by atoms with van der Waals surface area (Å²) in [6, 6.07) is 3.46. The number of carbonyl (C=O) groups excluding carboxylic acids is 2. The van der Waals surface area contributed by atoms with Crippen LogP contribution in [0.2, 0.25) is 0 Å². The Hall–Kier alpha value is -2.42. The molecule has 1 fully saturated rings. The van der Waals surface area contributed by atoms with Gasteiger partial charge < -0.3 is 15.7 Å². The molecule has 0 radical (unpaired) electrons. The van der Waals surface area contributed by atoms with E-state index in [1.807, 2.05) is 0 Å². The smallest absolute Gasteiger partial charge is 0.335 e. The summed E-state index contributed by atoms with van der Waals surface area (Å²) in [4.78, 5) is 34.3. The maximum Gasteiger partial charge on any atom is 0.335 e. The zero-order valence-corrected chi connectivity index (χ0v) is 14.6. The van der Waals surface area contributed by atoms with Gasteiger partial charge in [-0.1, -0.05) is 0 Å². The molecule has 0 unspecified atom stereocenters. The molecule has 1 saturated carbocycles. The largest absolute Gasteiger partial charge is 0.478 e. The average Bonchev–Trinajstić information content (AvgIpc) is 3.35. The van der Waals surface area contributed by atoms with E-state index in [0.717, 1.165) is 25.2 Å². The summed E-state index contributed by atoms with van der Waals surface area (Å²) in [6.07, 6.45) is 3.34. The number of hydrogen-bond donors (Lipinski definition) is 3. The molecule has 1 aromatic rings. The molecule has 1 aromatic carbocycles. The van der Waals surface area contributed by atoms with Gasteiger partial charge in [-0.05, 0) is 37.5 Å². The first kappa shape index (κ1) is 18.9. The minimum atomic E-state index is -3.61. The Bertz CT molecular complexity index is 799. The maximum atomic E-state index is 11.9. The molecule has 8 nitrogen and oxygen atoms in total. The predicted octanol–water partition coefficient (Wildman–Crippen LogP) is 1.03. The van der Waals surface area contributed by atoms with E-state index in [4.69, 9.17) is 5.11 Å². The van der Waals surface area contributed by atoms with Gasteiger partial charge in [0.05, 0.1) is 10.5 Å². The van der Waals surface area contributed by atoms with Crippen molar-refractivity contribution < 1.29 is 27.9 Å². The van der Waals surface area contributed by atoms with E-state index in [-0.39, 0.29) is 40.3 Å². The van der Waals surface area contributed by atoms with Gasteiger partial charge in [-0.2, -0.15) is 0 Å². The third-order valence-corrected chi connectivity index (χ3v) is 4.79. The fourth-order valence-corrected chi connectivity index (χ4v) is 2.86. The zero-order chi connectivity index (χ0) is 18.6. The highest BCUT2D eigenvalue weighted by atomic mass is 32.2. The third kappa shape index (κ3) is 5.86. The monoisotopic (exact) mass is 368 g/mol. The molecule has 0 atom stereocenters. The second kappa shape index (κ2) is 7.64. The molecule has 2 amide bonds. The van der Waals surface area contributed by atoms with Crippen molar-refractivity contribution in [3.8, 4) is 0 Å². The lowest BCUT2D eigenvalue weighted by atomic mass is 10.2. The van der Waals surface area contributed by atoms with Gasteiger partial charge in [0.2, 0.25) is 11.8 Å². The normalized spacial score (nSPS) is 14.0. The fourth-order valence-electron chi connectivity index (χ4n) is 2.18. The van der Waals surface area contributed by atoms with Crippen LogP contribution in [0.3, 0.4) is 0 Å². The van der Waals surface area contributed by atoms with Gasteiger partial charge in [-0.25, -0.2) is 13.2 Å². The average molecular weight is 368 g/mol. The molecule has 0 spiro atoms. The van der Waals surface area contributed by atoms with Crippen molar-refractivity contribution in [3.05, 3.63) is 23.8 Å². The summed E-state index contributed by atoms with van der Waals surface area (Å²) in [6.45, 7) is 0.381. The summed E-state index contributed by atoms with van der Waals surface area (Å²) in [5.74, 6) is -1.55. The van der Waals surface area contributed by atoms with E-state index in [2.05, 4.69) is 10.6 Å². The van der Waals surface area contributed by atoms with Crippen molar-refractivity contribution in [2.75, 3.05) is 18.1 Å². The Balaban J connectivity index is 1.93. The fraction of sp³-hybridized carbons (Fsp3) is 0.438. The molecule has 1 aliphatic rings. The zero-order valence-electron chi connectivity index (χ0n) is 13.7. The number of aromatic carboxylic acids is 1. The molecule has 0 saturated heterocycles. The van der Waals surface area contributed by atoms with Crippen LogP contribution < -0.4 is 10.6 Å². The molecule has 25 heavy (non-hydrogen) atoms. The van der Waals surface area contributed by atoms with Crippen LogP contribution in [0.25, 0.3) is 0 Å². The minimum Gasteiger partial charge on any atom is -0.478 e. The van der Waals surface area contributed by atoms with Crippen LogP contribution >= 0.6 is 0 Å². The Morgan fingerprint density at radius 1 is 1.20 bits per heavy atom. The molecular weight excluding hydrogens is 348 g/mol. The van der Waals surface area contributed by atoms with Crippen molar-refractivity contribution in [3.63, 3.8) is 0 Å². The van der Waals surface area contributed by atoms with E-state index >= 15 is 0 Å². The highest BCUT2D eigenvalue weighted by Crippen LogP contribution is 2.28. The van der Waals surface area contributed by atoms with Crippen molar-refractivity contribution in [1.82, 2.24) is 5.32 Å². The second-order valence-electron chi connectivity index (χ2n) is 6.04. The van der Waals surface area contributed by atoms with Gasteiger partial charge in [0, 0.05) is 30.8 Å². The number of benzene rings is 1. The summed E-state index contributed by atoms with van der Waals surface area (Å²) >= 11 is 0. The van der Waals surface area contributed by atoms with Gasteiger partial charge in [0.1, 0.15) is 0 Å². The topological polar surface area (TPSA) is 130 Å². The summed E-state index contributed by atoms with van der Waals surface area (Å²) < 4.78 is 23.3. The molecule has 2 rings (SSSR count). The van der Waals surface area contributed by atoms with Crippen LogP contribution in [0.1, 0.15) is 36.0 Å². The number of nitrogens with one attached hydrogen (secondary N) is 2. The first-order valence-electron chi connectivity index (χ1n) is 7.83. The van der Waals surface area contributed by atoms with Crippen molar-refractivity contribution in [1.29, 1.82) is 0 Å². The van der Waals surface area contributed by atoms with Gasteiger partial charge >= 0.3 is 5.97 Å². The highest BCUT2D eigenvalue weighted by molar-refractivity contribution is 7.90. The van der Waals surface area contributed by atoms with Crippen LogP contribution in [0.4, 0.5) is 5.69 Å². The minimum absolute atomic E-state index is 0.00682. The third-order valence-electron chi connectivity index (χ3n) is 3.69. The molecule has 1 aliphatic carbocycles. The van der Waals surface area contributed by atoms with Crippen LogP contribution in [0.15, 0.2) is 23.1 Å². The van der Waals surface area contributed by atoms with Crippen molar-refractivity contribution in [2.45, 2.75) is 30.6 Å². The van der Waals surface area contributed by atoms with Gasteiger partial charge in [0.15, 0.2) is 9.84 Å². The second-order valence-corrected chi connectivity index (χ2v) is 8.06. The first-order chi connectivity index (χ1) is 11.7. The van der Waals surface area contributed by atoms with Gasteiger partial charge in [0.25, 0.3) is 0 Å². The van der Waals surface area contributed by atoms with E-state index < -0.39 is 15.8 Å². The molecular formula is C16H20N2O6S. The molecule has 136 valence electrons. The highest BCUT2D eigenvalue weighted by Gasteiger charge is 2.29. The number of amides is 2. The lowest BCUT2D eigenvalue weighted by molar-refractivity contribution is -0.122. The number of sulfone groups is 1. The Labute approximate surface area is 145 Å². The quantitative estimate of drug-likeness (QED) is 0.588. The summed E-state index contributed by atoms with van der Waals surface area (Å²) in [5, 5.41) is 14.3. The number of rotatable bonds is 8. The standard InChI is InChI=1S/C16H20N2O6S/c1-25(23,24)13-8-11(16(21)22)7-12(9-13)18-14(19)3-2-6-17-15(20)10-4-5-10/h7-10H,2-6H2,1H3,(H,17,20)(H,18,19)(H,21,22). The number of carbonyl (C=O) groups is 3. The maximum absolute atomic E-state index is 11.9.